The molecule has 1 aromatic heterocycles. The first-order valence-corrected chi connectivity index (χ1v) is 8.13. The number of nitrogens with zero attached hydrogens (tertiary/aromatic N) is 2. The van der Waals surface area contributed by atoms with Crippen molar-refractivity contribution in [3.8, 4) is 11.4 Å². The van der Waals surface area contributed by atoms with E-state index in [1.54, 1.807) is 31.2 Å². The number of hydrogen-bond donors (Lipinski definition) is 2. The number of aromatic amines is 1. The summed E-state index contributed by atoms with van der Waals surface area (Å²) in [7, 11) is 0. The van der Waals surface area contributed by atoms with Crippen LogP contribution in [0.5, 0.6) is 0 Å². The van der Waals surface area contributed by atoms with Crippen LogP contribution >= 0.6 is 11.6 Å². The van der Waals surface area contributed by atoms with Crippen LogP contribution in [0.25, 0.3) is 11.4 Å². The molecule has 0 radical (unpaired) electrons. The summed E-state index contributed by atoms with van der Waals surface area (Å²) >= 11 is 5.86. The molecule has 0 aliphatic carbocycles. The Balaban J connectivity index is 1.58. The molecule has 0 unspecified atom stereocenters. The monoisotopic (exact) mass is 358 g/mol. The number of hydrogen-bond acceptors (Lipinski definition) is 3. The molecular weight excluding hydrogens is 343 g/mol. The Labute approximate surface area is 149 Å². The van der Waals surface area contributed by atoms with Gasteiger partial charge in [0.1, 0.15) is 11.6 Å². The molecule has 7 heteroatoms. The molecule has 25 heavy (non-hydrogen) atoms. The predicted octanol–water partition coefficient (Wildman–Crippen LogP) is 3.55. The van der Waals surface area contributed by atoms with Gasteiger partial charge in [0.2, 0.25) is 0 Å². The van der Waals surface area contributed by atoms with Gasteiger partial charge < -0.3 is 5.32 Å². The highest BCUT2D eigenvalue weighted by molar-refractivity contribution is 6.30. The minimum atomic E-state index is -0.496. The maximum absolute atomic E-state index is 13.9. The van der Waals surface area contributed by atoms with Gasteiger partial charge in [-0.15, -0.1) is 0 Å². The zero-order chi connectivity index (χ0) is 17.8. The molecule has 2 N–H and O–H groups in total. The maximum atomic E-state index is 13.9. The molecule has 0 fully saturated rings. The smallest absolute Gasteiger partial charge is 0.254 e. The summed E-state index contributed by atoms with van der Waals surface area (Å²) in [4.78, 5) is 16.4. The average molecular weight is 359 g/mol. The summed E-state index contributed by atoms with van der Waals surface area (Å²) in [6.07, 6.45) is 0.458. The van der Waals surface area contributed by atoms with Gasteiger partial charge in [-0.05, 0) is 42.8 Å². The van der Waals surface area contributed by atoms with Gasteiger partial charge in [-0.3, -0.25) is 9.89 Å². The first-order valence-electron chi connectivity index (χ1n) is 7.75. The number of carbonyl (C=O) groups excluding carboxylic acids is 1. The SMILES string of the molecule is Cc1cccc(C(=O)NCCc2nc(-c3ccc(Cl)cc3)n[nH]2)c1F. The van der Waals surface area contributed by atoms with Gasteiger partial charge in [-0.25, -0.2) is 9.37 Å². The summed E-state index contributed by atoms with van der Waals surface area (Å²) in [6.45, 7) is 1.94. The molecule has 0 aliphatic rings. The second-order valence-corrected chi connectivity index (χ2v) is 5.99. The van der Waals surface area contributed by atoms with E-state index in [0.717, 1.165) is 5.56 Å². The van der Waals surface area contributed by atoms with E-state index < -0.39 is 11.7 Å². The Morgan fingerprint density at radius 1 is 1.24 bits per heavy atom. The van der Waals surface area contributed by atoms with Crippen molar-refractivity contribution in [3.05, 3.63) is 70.3 Å². The number of halogens is 2. The first-order chi connectivity index (χ1) is 12.0. The third-order valence-electron chi connectivity index (χ3n) is 3.72. The number of H-pyrrole nitrogens is 1. The molecular formula is C18H16ClFN4O. The molecule has 5 nitrogen and oxygen atoms in total. The van der Waals surface area contributed by atoms with E-state index in [2.05, 4.69) is 20.5 Å². The second kappa shape index (κ2) is 7.44. The topological polar surface area (TPSA) is 70.7 Å². The van der Waals surface area contributed by atoms with Gasteiger partial charge >= 0.3 is 0 Å². The Kier molecular flexibility index (Phi) is 5.09. The molecule has 0 bridgehead atoms. The maximum Gasteiger partial charge on any atom is 0.254 e. The van der Waals surface area contributed by atoms with Crippen molar-refractivity contribution in [2.75, 3.05) is 6.54 Å². The van der Waals surface area contributed by atoms with Crippen LogP contribution in [0.2, 0.25) is 5.02 Å². The lowest BCUT2D eigenvalue weighted by Crippen LogP contribution is -2.27. The van der Waals surface area contributed by atoms with Crippen LogP contribution < -0.4 is 5.32 Å². The molecule has 0 spiro atoms. The molecule has 0 atom stereocenters. The van der Waals surface area contributed by atoms with Gasteiger partial charge in [0.15, 0.2) is 5.82 Å². The summed E-state index contributed by atoms with van der Waals surface area (Å²) in [5.74, 6) is 0.251. The second-order valence-electron chi connectivity index (χ2n) is 5.55. The Morgan fingerprint density at radius 3 is 2.76 bits per heavy atom. The summed E-state index contributed by atoms with van der Waals surface area (Å²) in [5.41, 5.74) is 1.33. The predicted molar refractivity (Wildman–Crippen MR) is 94.0 cm³/mol. The normalized spacial score (nSPS) is 10.7. The van der Waals surface area contributed by atoms with Crippen LogP contribution in [-0.4, -0.2) is 27.6 Å². The van der Waals surface area contributed by atoms with Crippen LogP contribution in [-0.2, 0) is 6.42 Å². The highest BCUT2D eigenvalue weighted by Gasteiger charge is 2.13. The van der Waals surface area contributed by atoms with Crippen molar-refractivity contribution < 1.29 is 9.18 Å². The van der Waals surface area contributed by atoms with Gasteiger partial charge in [0, 0.05) is 23.6 Å². The number of nitrogens with one attached hydrogen (secondary N) is 2. The number of aryl methyl sites for hydroxylation is 1. The van der Waals surface area contributed by atoms with Gasteiger partial charge in [0.05, 0.1) is 5.56 Å². The van der Waals surface area contributed by atoms with E-state index in [9.17, 15) is 9.18 Å². The van der Waals surface area contributed by atoms with Crippen LogP contribution in [0.1, 0.15) is 21.7 Å². The average Bonchev–Trinajstić information content (AvgIpc) is 3.07. The molecule has 128 valence electrons. The molecule has 3 aromatic rings. The number of carbonyl (C=O) groups is 1. The Hall–Kier alpha value is -2.73. The van der Waals surface area contributed by atoms with Crippen molar-refractivity contribution in [1.29, 1.82) is 0 Å². The third kappa shape index (κ3) is 4.03. The Bertz CT molecular complexity index is 892. The lowest BCUT2D eigenvalue weighted by molar-refractivity contribution is 0.0950. The van der Waals surface area contributed by atoms with E-state index in [4.69, 9.17) is 11.6 Å². The molecule has 1 amide bonds. The summed E-state index contributed by atoms with van der Waals surface area (Å²) in [6, 6.07) is 11.9. The highest BCUT2D eigenvalue weighted by atomic mass is 35.5. The van der Waals surface area contributed by atoms with Crippen LogP contribution in [0.3, 0.4) is 0 Å². The molecule has 0 aliphatic heterocycles. The Morgan fingerprint density at radius 2 is 2.00 bits per heavy atom. The standard InChI is InChI=1S/C18H16ClFN4O/c1-11-3-2-4-14(16(11)20)18(25)21-10-9-15-22-17(24-23-15)12-5-7-13(19)8-6-12/h2-8H,9-10H2,1H3,(H,21,25)(H,22,23,24). The van der Waals surface area contributed by atoms with Crippen molar-refractivity contribution >= 4 is 17.5 Å². The lowest BCUT2D eigenvalue weighted by atomic mass is 10.1. The van der Waals surface area contributed by atoms with Crippen molar-refractivity contribution in [2.45, 2.75) is 13.3 Å². The van der Waals surface area contributed by atoms with Crippen LogP contribution in [0.15, 0.2) is 42.5 Å². The largest absolute Gasteiger partial charge is 0.351 e. The van der Waals surface area contributed by atoms with E-state index in [-0.39, 0.29) is 5.56 Å². The van der Waals surface area contributed by atoms with E-state index in [0.29, 0.717) is 35.2 Å². The minimum absolute atomic E-state index is 0.0411. The quantitative estimate of drug-likeness (QED) is 0.732. The number of amides is 1. The first kappa shape index (κ1) is 17.1. The van der Waals surface area contributed by atoms with E-state index in [1.165, 1.54) is 6.07 Å². The lowest BCUT2D eigenvalue weighted by Gasteiger charge is -2.06. The van der Waals surface area contributed by atoms with Gasteiger partial charge in [-0.2, -0.15) is 5.10 Å². The van der Waals surface area contributed by atoms with Gasteiger partial charge in [0.25, 0.3) is 5.91 Å². The minimum Gasteiger partial charge on any atom is -0.351 e. The van der Waals surface area contributed by atoms with Crippen molar-refractivity contribution in [1.82, 2.24) is 20.5 Å². The van der Waals surface area contributed by atoms with Crippen molar-refractivity contribution in [3.63, 3.8) is 0 Å². The zero-order valence-corrected chi connectivity index (χ0v) is 14.3. The number of benzene rings is 2. The molecule has 0 saturated heterocycles. The molecule has 3 rings (SSSR count). The highest BCUT2D eigenvalue weighted by Crippen LogP contribution is 2.17. The van der Waals surface area contributed by atoms with Crippen LogP contribution in [0, 0.1) is 12.7 Å². The van der Waals surface area contributed by atoms with Gasteiger partial charge in [-0.1, -0.05) is 23.7 Å². The third-order valence-corrected chi connectivity index (χ3v) is 3.97. The summed E-state index contributed by atoms with van der Waals surface area (Å²) in [5, 5.41) is 10.3. The van der Waals surface area contributed by atoms with Crippen LogP contribution in [0.4, 0.5) is 4.39 Å². The molecule has 0 saturated carbocycles. The van der Waals surface area contributed by atoms with E-state index in [1.807, 2.05) is 12.1 Å². The number of aromatic nitrogens is 3. The van der Waals surface area contributed by atoms with Crippen molar-refractivity contribution in [2.24, 2.45) is 0 Å². The molecule has 1 heterocycles. The number of rotatable bonds is 5. The zero-order valence-electron chi connectivity index (χ0n) is 13.5. The fraction of sp³-hybridized carbons (Fsp3) is 0.167. The summed E-state index contributed by atoms with van der Waals surface area (Å²) < 4.78 is 13.9. The fourth-order valence-corrected chi connectivity index (χ4v) is 2.47. The fourth-order valence-electron chi connectivity index (χ4n) is 2.35. The van der Waals surface area contributed by atoms with E-state index >= 15 is 0 Å². The molecule has 2 aromatic carbocycles.